The summed E-state index contributed by atoms with van der Waals surface area (Å²) in [5, 5.41) is 3.73. The van der Waals surface area contributed by atoms with E-state index < -0.39 is 0 Å². The van der Waals surface area contributed by atoms with Gasteiger partial charge in [0.2, 0.25) is 0 Å². The third-order valence-electron chi connectivity index (χ3n) is 2.13. The van der Waals surface area contributed by atoms with Crippen molar-refractivity contribution in [1.29, 1.82) is 0 Å². The number of nitrogens with one attached hydrogen (secondary N) is 1. The molecule has 16 heavy (non-hydrogen) atoms. The average molecular weight is 242 g/mol. The molecular formula is C11H18N2O2S. The molecule has 0 saturated carbocycles. The molecule has 0 saturated heterocycles. The maximum absolute atomic E-state index is 11.8. The second-order valence-corrected chi connectivity index (χ2v) is 4.65. The minimum absolute atomic E-state index is 0.0224. The van der Waals surface area contributed by atoms with Gasteiger partial charge in [-0.2, -0.15) is 0 Å². The highest BCUT2D eigenvalue weighted by molar-refractivity contribution is 7.13. The quantitative estimate of drug-likeness (QED) is 0.777. The molecule has 1 aromatic rings. The Hall–Kier alpha value is -0.940. The molecule has 1 rings (SSSR count). The zero-order chi connectivity index (χ0) is 12.0. The fourth-order valence-electron chi connectivity index (χ4n) is 1.31. The van der Waals surface area contributed by atoms with Crippen molar-refractivity contribution in [2.75, 3.05) is 13.7 Å². The van der Waals surface area contributed by atoms with Crippen LogP contribution in [0.5, 0.6) is 0 Å². The van der Waals surface area contributed by atoms with E-state index in [-0.39, 0.29) is 5.91 Å². The summed E-state index contributed by atoms with van der Waals surface area (Å²) in [5.41, 5.74) is 0.783. The summed E-state index contributed by atoms with van der Waals surface area (Å²) in [5.74, 6) is -0.0224. The highest BCUT2D eigenvalue weighted by Gasteiger charge is 2.14. The molecule has 0 atom stereocenters. The molecule has 5 heteroatoms. The van der Waals surface area contributed by atoms with Gasteiger partial charge in [-0.05, 0) is 13.3 Å². The Labute approximate surface area is 100 Å². The topological polar surface area (TPSA) is 51.2 Å². The van der Waals surface area contributed by atoms with Crippen LogP contribution in [0.3, 0.4) is 0 Å². The molecule has 0 spiro atoms. The smallest absolute Gasteiger partial charge is 0.263 e. The van der Waals surface area contributed by atoms with Crippen LogP contribution in [0.1, 0.15) is 40.1 Å². The van der Waals surface area contributed by atoms with Crippen LogP contribution in [-0.2, 0) is 11.3 Å². The zero-order valence-corrected chi connectivity index (χ0v) is 10.8. The van der Waals surface area contributed by atoms with Crippen LogP contribution in [0.2, 0.25) is 0 Å². The second kappa shape index (κ2) is 6.60. The molecule has 90 valence electrons. The lowest BCUT2D eigenvalue weighted by Crippen LogP contribution is -2.24. The second-order valence-electron chi connectivity index (χ2n) is 3.56. The molecule has 0 aliphatic rings. The fraction of sp³-hybridized carbons (Fsp3) is 0.636. The van der Waals surface area contributed by atoms with Gasteiger partial charge in [-0.25, -0.2) is 4.98 Å². The largest absolute Gasteiger partial charge is 0.378 e. The Morgan fingerprint density at radius 1 is 1.56 bits per heavy atom. The number of ether oxygens (including phenoxy) is 1. The van der Waals surface area contributed by atoms with E-state index in [1.807, 2.05) is 6.92 Å². The van der Waals surface area contributed by atoms with E-state index in [1.54, 1.807) is 7.11 Å². The van der Waals surface area contributed by atoms with Crippen LogP contribution in [-0.4, -0.2) is 24.5 Å². The molecule has 0 unspecified atom stereocenters. The number of amides is 1. The molecule has 1 heterocycles. The summed E-state index contributed by atoms with van der Waals surface area (Å²) in [4.78, 5) is 16.8. The lowest BCUT2D eigenvalue weighted by molar-refractivity contribution is 0.0956. The summed E-state index contributed by atoms with van der Waals surface area (Å²) < 4.78 is 4.99. The maximum atomic E-state index is 11.8. The summed E-state index contributed by atoms with van der Waals surface area (Å²) in [7, 11) is 1.62. The number of carbonyl (C=O) groups excluding carboxylic acids is 1. The average Bonchev–Trinajstić information content (AvgIpc) is 2.60. The van der Waals surface area contributed by atoms with Gasteiger partial charge < -0.3 is 10.1 Å². The van der Waals surface area contributed by atoms with Crippen molar-refractivity contribution in [1.82, 2.24) is 10.3 Å². The van der Waals surface area contributed by atoms with Crippen LogP contribution in [0, 0.1) is 6.92 Å². The van der Waals surface area contributed by atoms with E-state index in [1.165, 1.54) is 11.3 Å². The standard InChI is InChI=1S/C11H18N2O2S/c1-4-5-6-12-11(14)10-8(2)13-9(16-10)7-15-3/h4-7H2,1-3H3,(H,12,14). The van der Waals surface area contributed by atoms with Crippen molar-refractivity contribution in [3.63, 3.8) is 0 Å². The number of methoxy groups -OCH3 is 1. The number of aromatic nitrogens is 1. The van der Waals surface area contributed by atoms with Crippen molar-refractivity contribution in [2.24, 2.45) is 0 Å². The summed E-state index contributed by atoms with van der Waals surface area (Å²) in [6.45, 7) is 5.14. The van der Waals surface area contributed by atoms with E-state index in [9.17, 15) is 4.79 Å². The number of hydrogen-bond acceptors (Lipinski definition) is 4. The molecular weight excluding hydrogens is 224 g/mol. The predicted molar refractivity (Wildman–Crippen MR) is 64.8 cm³/mol. The number of thiazole rings is 1. The van der Waals surface area contributed by atoms with Crippen LogP contribution in [0.4, 0.5) is 0 Å². The number of aryl methyl sites for hydroxylation is 1. The molecule has 0 aliphatic carbocycles. The van der Waals surface area contributed by atoms with Gasteiger partial charge >= 0.3 is 0 Å². The minimum atomic E-state index is -0.0224. The van der Waals surface area contributed by atoms with Crippen LogP contribution in [0.25, 0.3) is 0 Å². The molecule has 1 aromatic heterocycles. The Bertz CT molecular complexity index is 350. The molecule has 0 bridgehead atoms. The first-order chi connectivity index (χ1) is 7.69. The van der Waals surface area contributed by atoms with Gasteiger partial charge in [0.05, 0.1) is 12.3 Å². The van der Waals surface area contributed by atoms with E-state index >= 15 is 0 Å². The molecule has 1 amide bonds. The lowest BCUT2D eigenvalue weighted by Gasteiger charge is -2.01. The van der Waals surface area contributed by atoms with E-state index in [0.717, 1.165) is 30.1 Å². The van der Waals surface area contributed by atoms with Crippen molar-refractivity contribution < 1.29 is 9.53 Å². The van der Waals surface area contributed by atoms with Crippen molar-refractivity contribution in [2.45, 2.75) is 33.3 Å². The monoisotopic (exact) mass is 242 g/mol. The fourth-order valence-corrected chi connectivity index (χ4v) is 2.26. The zero-order valence-electron chi connectivity index (χ0n) is 10.0. The number of carbonyl (C=O) groups is 1. The van der Waals surface area contributed by atoms with Gasteiger partial charge in [0.25, 0.3) is 5.91 Å². The first-order valence-corrected chi connectivity index (χ1v) is 6.24. The van der Waals surface area contributed by atoms with Crippen molar-refractivity contribution >= 4 is 17.2 Å². The molecule has 0 aromatic carbocycles. The van der Waals surface area contributed by atoms with Gasteiger partial charge in [-0.15, -0.1) is 11.3 Å². The maximum Gasteiger partial charge on any atom is 0.263 e. The molecule has 1 N–H and O–H groups in total. The van der Waals surface area contributed by atoms with Gasteiger partial charge in [0, 0.05) is 13.7 Å². The van der Waals surface area contributed by atoms with Crippen LogP contribution < -0.4 is 5.32 Å². The molecule has 0 fully saturated rings. The van der Waals surface area contributed by atoms with Gasteiger partial charge in [0.1, 0.15) is 9.88 Å². The normalized spacial score (nSPS) is 10.4. The minimum Gasteiger partial charge on any atom is -0.378 e. The number of nitrogens with zero attached hydrogens (tertiary/aromatic N) is 1. The third kappa shape index (κ3) is 3.57. The molecule has 0 radical (unpaired) electrons. The van der Waals surface area contributed by atoms with Gasteiger partial charge in [-0.1, -0.05) is 13.3 Å². The van der Waals surface area contributed by atoms with E-state index in [4.69, 9.17) is 4.74 Å². The van der Waals surface area contributed by atoms with Crippen molar-refractivity contribution in [3.8, 4) is 0 Å². The number of unbranched alkanes of at least 4 members (excludes halogenated alkanes) is 1. The highest BCUT2D eigenvalue weighted by Crippen LogP contribution is 2.18. The Kier molecular flexibility index (Phi) is 5.42. The lowest BCUT2D eigenvalue weighted by atomic mass is 10.3. The van der Waals surface area contributed by atoms with Crippen LogP contribution >= 0.6 is 11.3 Å². The first kappa shape index (κ1) is 13.1. The molecule has 0 aliphatic heterocycles. The summed E-state index contributed by atoms with van der Waals surface area (Å²) in [6.07, 6.45) is 2.09. The SMILES string of the molecule is CCCCNC(=O)c1sc(COC)nc1C. The molecule has 4 nitrogen and oxygen atoms in total. The van der Waals surface area contributed by atoms with Gasteiger partial charge in [-0.3, -0.25) is 4.79 Å². The third-order valence-corrected chi connectivity index (χ3v) is 3.26. The summed E-state index contributed by atoms with van der Waals surface area (Å²) in [6, 6.07) is 0. The summed E-state index contributed by atoms with van der Waals surface area (Å²) >= 11 is 1.40. The van der Waals surface area contributed by atoms with E-state index in [0.29, 0.717) is 11.5 Å². The highest BCUT2D eigenvalue weighted by atomic mass is 32.1. The van der Waals surface area contributed by atoms with Crippen LogP contribution in [0.15, 0.2) is 0 Å². The Morgan fingerprint density at radius 3 is 2.94 bits per heavy atom. The van der Waals surface area contributed by atoms with Crippen molar-refractivity contribution in [3.05, 3.63) is 15.6 Å². The van der Waals surface area contributed by atoms with E-state index in [2.05, 4.69) is 17.2 Å². The van der Waals surface area contributed by atoms with Gasteiger partial charge in [0.15, 0.2) is 0 Å². The number of rotatable bonds is 6. The Morgan fingerprint density at radius 2 is 2.31 bits per heavy atom. The Balaban J connectivity index is 2.60. The number of hydrogen-bond donors (Lipinski definition) is 1. The first-order valence-electron chi connectivity index (χ1n) is 5.42. The predicted octanol–water partition coefficient (Wildman–Crippen LogP) is 2.13.